The molecule has 0 saturated heterocycles. The van der Waals surface area contributed by atoms with Gasteiger partial charge in [0.2, 0.25) is 0 Å². The van der Waals surface area contributed by atoms with Gasteiger partial charge in [0, 0.05) is 17.0 Å². The van der Waals surface area contributed by atoms with Crippen molar-refractivity contribution < 1.29 is 9.90 Å². The number of carboxylic acid groups (broad SMARTS) is 1. The van der Waals surface area contributed by atoms with E-state index in [1.165, 1.54) is 0 Å². The number of nitrogens with one attached hydrogen (secondary N) is 1. The van der Waals surface area contributed by atoms with Gasteiger partial charge in [-0.1, -0.05) is 23.7 Å². The first kappa shape index (κ1) is 13.1. The standard InChI is InChI=1S/C12H10BrClN2O2/c13-12-11(7-1-3-8(14)4-2-7)15-9(16-12)5-6-10(17)18/h1-4H,5-6H2,(H,15,16)(H,17,18). The minimum Gasteiger partial charge on any atom is -0.481 e. The minimum absolute atomic E-state index is 0.0556. The highest BCUT2D eigenvalue weighted by Gasteiger charge is 2.11. The Morgan fingerprint density at radius 1 is 1.39 bits per heavy atom. The molecule has 0 aliphatic heterocycles. The number of aryl methyl sites for hydroxylation is 1. The smallest absolute Gasteiger partial charge is 0.303 e. The number of aliphatic carboxylic acids is 1. The van der Waals surface area contributed by atoms with Crippen molar-refractivity contribution in [3.63, 3.8) is 0 Å². The van der Waals surface area contributed by atoms with E-state index < -0.39 is 5.97 Å². The second-order valence-corrected chi connectivity index (χ2v) is 4.98. The quantitative estimate of drug-likeness (QED) is 0.902. The maximum absolute atomic E-state index is 10.5. The van der Waals surface area contributed by atoms with E-state index in [9.17, 15) is 4.79 Å². The summed E-state index contributed by atoms with van der Waals surface area (Å²) in [5, 5.41) is 9.29. The van der Waals surface area contributed by atoms with Crippen LogP contribution in [-0.2, 0) is 11.2 Å². The van der Waals surface area contributed by atoms with Crippen molar-refractivity contribution in [3.8, 4) is 11.3 Å². The minimum atomic E-state index is -0.837. The molecule has 0 aliphatic rings. The van der Waals surface area contributed by atoms with Crippen LogP contribution in [0, 0.1) is 0 Å². The molecule has 0 bridgehead atoms. The second-order valence-electron chi connectivity index (χ2n) is 3.75. The lowest BCUT2D eigenvalue weighted by molar-refractivity contribution is -0.137. The number of carboxylic acids is 1. The highest BCUT2D eigenvalue weighted by Crippen LogP contribution is 2.27. The first-order chi connectivity index (χ1) is 8.56. The highest BCUT2D eigenvalue weighted by atomic mass is 79.9. The highest BCUT2D eigenvalue weighted by molar-refractivity contribution is 9.10. The summed E-state index contributed by atoms with van der Waals surface area (Å²) in [6.07, 6.45) is 0.432. The molecule has 4 nitrogen and oxygen atoms in total. The van der Waals surface area contributed by atoms with Crippen LogP contribution in [-0.4, -0.2) is 21.0 Å². The normalized spacial score (nSPS) is 10.6. The third-order valence-corrected chi connectivity index (χ3v) is 3.23. The molecular weight excluding hydrogens is 320 g/mol. The molecule has 0 spiro atoms. The van der Waals surface area contributed by atoms with Gasteiger partial charge in [-0.05, 0) is 28.1 Å². The van der Waals surface area contributed by atoms with Crippen molar-refractivity contribution in [1.82, 2.24) is 9.97 Å². The largest absolute Gasteiger partial charge is 0.481 e. The second kappa shape index (κ2) is 5.54. The molecule has 1 heterocycles. The molecule has 0 saturated carbocycles. The SMILES string of the molecule is O=C(O)CCc1nc(-c2ccc(Cl)cc2)c(Br)[nH]1. The van der Waals surface area contributed by atoms with E-state index in [-0.39, 0.29) is 6.42 Å². The van der Waals surface area contributed by atoms with Crippen LogP contribution in [0.3, 0.4) is 0 Å². The maximum Gasteiger partial charge on any atom is 0.303 e. The predicted octanol–water partition coefficient (Wildman–Crippen LogP) is 3.51. The molecule has 0 fully saturated rings. The van der Waals surface area contributed by atoms with E-state index in [2.05, 4.69) is 25.9 Å². The van der Waals surface area contributed by atoms with Gasteiger partial charge in [0.25, 0.3) is 0 Å². The Hall–Kier alpha value is -1.33. The number of H-pyrrole nitrogens is 1. The van der Waals surface area contributed by atoms with Gasteiger partial charge in [-0.2, -0.15) is 0 Å². The third-order valence-electron chi connectivity index (χ3n) is 2.40. The lowest BCUT2D eigenvalue weighted by atomic mass is 10.2. The Kier molecular flexibility index (Phi) is 4.04. The number of aromatic nitrogens is 2. The molecule has 0 amide bonds. The van der Waals surface area contributed by atoms with Crippen molar-refractivity contribution >= 4 is 33.5 Å². The average molecular weight is 330 g/mol. The van der Waals surface area contributed by atoms with Crippen LogP contribution in [0.5, 0.6) is 0 Å². The van der Waals surface area contributed by atoms with Crippen LogP contribution in [0.15, 0.2) is 28.9 Å². The van der Waals surface area contributed by atoms with E-state index in [1.54, 1.807) is 12.1 Å². The molecule has 2 rings (SSSR count). The molecule has 2 aromatic rings. The van der Waals surface area contributed by atoms with Crippen molar-refractivity contribution in [2.24, 2.45) is 0 Å². The molecule has 0 unspecified atom stereocenters. The lowest BCUT2D eigenvalue weighted by Crippen LogP contribution is -1.98. The topological polar surface area (TPSA) is 66.0 Å². The molecular formula is C12H10BrClN2O2. The molecule has 1 aromatic heterocycles. The predicted molar refractivity (Wildman–Crippen MR) is 72.7 cm³/mol. The van der Waals surface area contributed by atoms with Gasteiger partial charge in [0.1, 0.15) is 16.1 Å². The molecule has 94 valence electrons. The molecule has 2 N–H and O–H groups in total. The molecule has 0 atom stereocenters. The Morgan fingerprint density at radius 2 is 2.06 bits per heavy atom. The molecule has 1 aromatic carbocycles. The van der Waals surface area contributed by atoms with E-state index in [1.807, 2.05) is 12.1 Å². The van der Waals surface area contributed by atoms with Crippen LogP contribution in [0.1, 0.15) is 12.2 Å². The summed E-state index contributed by atoms with van der Waals surface area (Å²) in [5.41, 5.74) is 1.68. The lowest BCUT2D eigenvalue weighted by Gasteiger charge is -1.97. The summed E-state index contributed by atoms with van der Waals surface area (Å²) in [6.45, 7) is 0. The third kappa shape index (κ3) is 3.11. The molecule has 0 radical (unpaired) electrons. The van der Waals surface area contributed by atoms with E-state index in [4.69, 9.17) is 16.7 Å². The average Bonchev–Trinajstić information content (AvgIpc) is 2.69. The number of benzene rings is 1. The number of hydrogen-bond donors (Lipinski definition) is 2. The van der Waals surface area contributed by atoms with Crippen LogP contribution in [0.4, 0.5) is 0 Å². The van der Waals surface area contributed by atoms with Gasteiger partial charge >= 0.3 is 5.97 Å². The van der Waals surface area contributed by atoms with Crippen molar-refractivity contribution in [2.45, 2.75) is 12.8 Å². The first-order valence-electron chi connectivity index (χ1n) is 5.28. The Bertz CT molecular complexity index is 566. The van der Waals surface area contributed by atoms with Crippen LogP contribution in [0.25, 0.3) is 11.3 Å². The van der Waals surface area contributed by atoms with Crippen molar-refractivity contribution in [1.29, 1.82) is 0 Å². The number of hydrogen-bond acceptors (Lipinski definition) is 2. The zero-order chi connectivity index (χ0) is 13.1. The number of nitrogens with zero attached hydrogens (tertiary/aromatic N) is 1. The van der Waals surface area contributed by atoms with E-state index in [0.717, 1.165) is 15.9 Å². The summed E-state index contributed by atoms with van der Waals surface area (Å²) in [5.74, 6) is -0.190. The monoisotopic (exact) mass is 328 g/mol. The fourth-order valence-electron chi connectivity index (χ4n) is 1.54. The molecule has 0 aliphatic carbocycles. The van der Waals surface area contributed by atoms with Crippen LogP contribution < -0.4 is 0 Å². The first-order valence-corrected chi connectivity index (χ1v) is 6.45. The number of carbonyl (C=O) groups is 1. The van der Waals surface area contributed by atoms with Gasteiger partial charge in [-0.3, -0.25) is 4.79 Å². The summed E-state index contributed by atoms with van der Waals surface area (Å²) in [4.78, 5) is 17.9. The van der Waals surface area contributed by atoms with Gasteiger partial charge in [0.15, 0.2) is 0 Å². The van der Waals surface area contributed by atoms with Gasteiger partial charge in [-0.15, -0.1) is 0 Å². The zero-order valence-electron chi connectivity index (χ0n) is 9.28. The fraction of sp³-hybridized carbons (Fsp3) is 0.167. The molecule has 18 heavy (non-hydrogen) atoms. The van der Waals surface area contributed by atoms with Crippen LogP contribution in [0.2, 0.25) is 5.02 Å². The van der Waals surface area contributed by atoms with Gasteiger partial charge in [0.05, 0.1) is 6.42 Å². The number of halogens is 2. The number of rotatable bonds is 4. The zero-order valence-corrected chi connectivity index (χ0v) is 11.6. The maximum atomic E-state index is 10.5. The van der Waals surface area contributed by atoms with Gasteiger partial charge in [-0.25, -0.2) is 4.98 Å². The van der Waals surface area contributed by atoms with Crippen molar-refractivity contribution in [3.05, 3.63) is 39.7 Å². The van der Waals surface area contributed by atoms with Crippen molar-refractivity contribution in [2.75, 3.05) is 0 Å². The van der Waals surface area contributed by atoms with E-state index >= 15 is 0 Å². The summed E-state index contributed by atoms with van der Waals surface area (Å²) in [7, 11) is 0. The van der Waals surface area contributed by atoms with Gasteiger partial charge < -0.3 is 10.1 Å². The number of aromatic amines is 1. The molecule has 6 heteroatoms. The summed E-state index contributed by atoms with van der Waals surface area (Å²) in [6, 6.07) is 7.30. The fourth-order valence-corrected chi connectivity index (χ4v) is 2.21. The summed E-state index contributed by atoms with van der Waals surface area (Å²) < 4.78 is 0.741. The van der Waals surface area contributed by atoms with E-state index in [0.29, 0.717) is 17.3 Å². The number of imidazole rings is 1. The Labute approximate surface area is 117 Å². The Balaban J connectivity index is 2.23. The summed E-state index contributed by atoms with van der Waals surface area (Å²) >= 11 is 9.20. The van der Waals surface area contributed by atoms with Crippen LogP contribution >= 0.6 is 27.5 Å². The Morgan fingerprint density at radius 3 is 2.67 bits per heavy atom.